The third-order valence-corrected chi connectivity index (χ3v) is 5.24. The van der Waals surface area contributed by atoms with E-state index in [1.165, 1.54) is 30.1 Å². The van der Waals surface area contributed by atoms with Crippen molar-refractivity contribution < 1.29 is 9.59 Å². The number of rotatable bonds is 6. The number of benzene rings is 1. The van der Waals surface area contributed by atoms with Crippen molar-refractivity contribution in [3.8, 4) is 0 Å². The zero-order valence-electron chi connectivity index (χ0n) is 16.0. The van der Waals surface area contributed by atoms with Crippen LogP contribution in [-0.2, 0) is 6.54 Å². The first kappa shape index (κ1) is 19.5. The van der Waals surface area contributed by atoms with Crippen LogP contribution in [0.3, 0.4) is 0 Å². The van der Waals surface area contributed by atoms with E-state index in [0.717, 1.165) is 36.0 Å². The third-order valence-electron chi connectivity index (χ3n) is 5.24. The topological polar surface area (TPSA) is 104 Å². The molecule has 1 aromatic carbocycles. The number of carbonyl (C=O) groups is 2. The molecule has 28 heavy (non-hydrogen) atoms. The third kappa shape index (κ3) is 3.88. The van der Waals surface area contributed by atoms with E-state index in [4.69, 9.17) is 5.41 Å². The minimum atomic E-state index is -0.526. The van der Waals surface area contributed by atoms with Gasteiger partial charge in [-0.25, -0.2) is 0 Å². The lowest BCUT2D eigenvalue weighted by Crippen LogP contribution is -2.40. The number of hydrogen-bond donors (Lipinski definition) is 3. The summed E-state index contributed by atoms with van der Waals surface area (Å²) in [6, 6.07) is 7.03. The molecule has 2 amide bonds. The summed E-state index contributed by atoms with van der Waals surface area (Å²) in [5, 5.41) is 12.9. The maximum absolute atomic E-state index is 12.8. The Morgan fingerprint density at radius 1 is 1.29 bits per heavy atom. The van der Waals surface area contributed by atoms with Gasteiger partial charge in [0.1, 0.15) is 5.56 Å². The fourth-order valence-corrected chi connectivity index (χ4v) is 3.21. The van der Waals surface area contributed by atoms with Crippen LogP contribution in [0.15, 0.2) is 35.3 Å². The van der Waals surface area contributed by atoms with Gasteiger partial charge in [-0.1, -0.05) is 18.2 Å². The van der Waals surface area contributed by atoms with E-state index in [2.05, 4.69) is 10.6 Å². The number of nitrogens with one attached hydrogen (secondary N) is 3. The normalized spacial score (nSPS) is 13.5. The van der Waals surface area contributed by atoms with Crippen LogP contribution in [0.2, 0.25) is 0 Å². The maximum atomic E-state index is 12.8. The molecule has 0 saturated heterocycles. The predicted octanol–water partition coefficient (Wildman–Crippen LogP) is 1.84. The Hall–Kier alpha value is -3.22. The fourth-order valence-electron chi connectivity index (χ4n) is 3.21. The zero-order chi connectivity index (χ0) is 20.3. The Kier molecular flexibility index (Phi) is 5.73. The molecule has 7 nitrogen and oxygen atoms in total. The molecule has 1 heterocycles. The van der Waals surface area contributed by atoms with Crippen molar-refractivity contribution in [1.82, 2.24) is 15.2 Å². The summed E-state index contributed by atoms with van der Waals surface area (Å²) in [4.78, 5) is 37.6. The van der Waals surface area contributed by atoms with Crippen LogP contribution in [0, 0.1) is 12.3 Å². The van der Waals surface area contributed by atoms with Crippen molar-refractivity contribution >= 4 is 18.0 Å². The van der Waals surface area contributed by atoms with Crippen LogP contribution >= 0.6 is 0 Å². The molecular weight excluding hydrogens is 356 g/mol. The molecule has 2 aromatic rings. The second-order valence-electron chi connectivity index (χ2n) is 7.03. The zero-order valence-corrected chi connectivity index (χ0v) is 16.0. The molecule has 146 valence electrons. The molecular formula is C21H24N4O3. The van der Waals surface area contributed by atoms with E-state index in [-0.39, 0.29) is 29.6 Å². The van der Waals surface area contributed by atoms with Crippen molar-refractivity contribution in [3.63, 3.8) is 0 Å². The summed E-state index contributed by atoms with van der Waals surface area (Å²) in [5.74, 6) is -0.810. The predicted molar refractivity (Wildman–Crippen MR) is 107 cm³/mol. The first-order valence-electron chi connectivity index (χ1n) is 9.31. The van der Waals surface area contributed by atoms with E-state index in [9.17, 15) is 14.4 Å². The van der Waals surface area contributed by atoms with Crippen molar-refractivity contribution in [2.24, 2.45) is 0 Å². The molecule has 1 aliphatic carbocycles. The summed E-state index contributed by atoms with van der Waals surface area (Å²) in [6.45, 7) is 2.09. The van der Waals surface area contributed by atoms with Crippen molar-refractivity contribution in [2.45, 2.75) is 38.8 Å². The summed E-state index contributed by atoms with van der Waals surface area (Å²) < 4.78 is 1.39. The standard InChI is InChI=1S/C21H24N4O3/c1-13-14(10-22)5-3-6-15(13)11-25-12-16(19(26)24-17-7-4-8-17)9-18(21(25)28)20(27)23-2/h3,5-6,9-10,12,17,22H,4,7-8,11H2,1-2H3,(H,23,27)(H,24,26). The van der Waals surface area contributed by atoms with Crippen LogP contribution in [0.5, 0.6) is 0 Å². The van der Waals surface area contributed by atoms with E-state index >= 15 is 0 Å². The van der Waals surface area contributed by atoms with Gasteiger partial charge in [0.15, 0.2) is 0 Å². The number of hydrogen-bond acceptors (Lipinski definition) is 4. The maximum Gasteiger partial charge on any atom is 0.263 e. The molecule has 0 bridgehead atoms. The van der Waals surface area contributed by atoms with Gasteiger partial charge in [-0.3, -0.25) is 14.4 Å². The Balaban J connectivity index is 2.02. The highest BCUT2D eigenvalue weighted by molar-refractivity contribution is 5.99. The van der Waals surface area contributed by atoms with Gasteiger partial charge in [0.05, 0.1) is 12.1 Å². The lowest BCUT2D eigenvalue weighted by molar-refractivity contribution is 0.0916. The van der Waals surface area contributed by atoms with Gasteiger partial charge >= 0.3 is 0 Å². The number of aromatic nitrogens is 1. The molecule has 1 aliphatic rings. The van der Waals surface area contributed by atoms with Gasteiger partial charge in [-0.05, 0) is 48.9 Å². The molecule has 0 atom stereocenters. The first-order valence-corrected chi connectivity index (χ1v) is 9.31. The SMILES string of the molecule is CNC(=O)c1cc(C(=O)NC2CCC2)cn(Cc2cccc(C=N)c2C)c1=O. The van der Waals surface area contributed by atoms with Crippen molar-refractivity contribution in [2.75, 3.05) is 7.05 Å². The Morgan fingerprint density at radius 3 is 2.64 bits per heavy atom. The van der Waals surface area contributed by atoms with Gasteiger partial charge < -0.3 is 20.6 Å². The first-order chi connectivity index (χ1) is 13.4. The Morgan fingerprint density at radius 2 is 2.04 bits per heavy atom. The minimum Gasteiger partial charge on any atom is -0.355 e. The molecule has 0 radical (unpaired) electrons. The van der Waals surface area contributed by atoms with Crippen LogP contribution in [0.1, 0.15) is 56.7 Å². The molecule has 1 saturated carbocycles. The van der Waals surface area contributed by atoms with Gasteiger partial charge in [0.25, 0.3) is 17.4 Å². The summed E-state index contributed by atoms with van der Waals surface area (Å²) in [6.07, 6.45) is 5.75. The number of pyridine rings is 1. The van der Waals surface area contributed by atoms with Crippen LogP contribution in [0.25, 0.3) is 0 Å². The van der Waals surface area contributed by atoms with E-state index in [0.29, 0.717) is 0 Å². The molecule has 7 heteroatoms. The lowest BCUT2D eigenvalue weighted by atomic mass is 9.93. The van der Waals surface area contributed by atoms with E-state index < -0.39 is 11.5 Å². The van der Waals surface area contributed by atoms with Gasteiger partial charge in [-0.15, -0.1) is 0 Å². The second-order valence-corrected chi connectivity index (χ2v) is 7.03. The van der Waals surface area contributed by atoms with Gasteiger partial charge in [-0.2, -0.15) is 0 Å². The molecule has 1 fully saturated rings. The average molecular weight is 380 g/mol. The summed E-state index contributed by atoms with van der Waals surface area (Å²) >= 11 is 0. The molecule has 3 rings (SSSR count). The van der Waals surface area contributed by atoms with Gasteiger partial charge in [0, 0.05) is 25.5 Å². The molecule has 3 N–H and O–H groups in total. The summed E-state index contributed by atoms with van der Waals surface area (Å²) in [7, 11) is 1.45. The quantitative estimate of drug-likeness (QED) is 0.666. The van der Waals surface area contributed by atoms with E-state index in [1.807, 2.05) is 25.1 Å². The molecule has 0 aliphatic heterocycles. The van der Waals surface area contributed by atoms with E-state index in [1.54, 1.807) is 0 Å². The monoisotopic (exact) mass is 380 g/mol. The van der Waals surface area contributed by atoms with Crippen molar-refractivity contribution in [1.29, 1.82) is 5.41 Å². The highest BCUT2D eigenvalue weighted by atomic mass is 16.2. The largest absolute Gasteiger partial charge is 0.355 e. The Bertz CT molecular complexity index is 990. The smallest absolute Gasteiger partial charge is 0.263 e. The average Bonchev–Trinajstić information content (AvgIpc) is 2.66. The second kappa shape index (κ2) is 8.21. The molecule has 1 aromatic heterocycles. The number of amides is 2. The lowest BCUT2D eigenvalue weighted by Gasteiger charge is -2.26. The van der Waals surface area contributed by atoms with Gasteiger partial charge in [0.2, 0.25) is 0 Å². The van der Waals surface area contributed by atoms with Crippen molar-refractivity contribution in [3.05, 3.63) is 68.6 Å². The number of carbonyl (C=O) groups excluding carboxylic acids is 2. The Labute approximate surface area is 163 Å². The molecule has 0 spiro atoms. The number of nitrogens with zero attached hydrogens (tertiary/aromatic N) is 1. The van der Waals surface area contributed by atoms with Crippen LogP contribution in [0.4, 0.5) is 0 Å². The highest BCUT2D eigenvalue weighted by Crippen LogP contribution is 2.19. The van der Waals surface area contributed by atoms with Crippen LogP contribution < -0.4 is 16.2 Å². The molecule has 0 unspecified atom stereocenters. The minimum absolute atomic E-state index is 0.0652. The highest BCUT2D eigenvalue weighted by Gasteiger charge is 2.22. The fraction of sp³-hybridized carbons (Fsp3) is 0.333. The summed E-state index contributed by atoms with van der Waals surface area (Å²) in [5.41, 5.74) is 2.25. The van der Waals surface area contributed by atoms with Crippen LogP contribution in [-0.4, -0.2) is 35.7 Å².